The van der Waals surface area contributed by atoms with E-state index in [1.165, 1.54) is 18.2 Å². The van der Waals surface area contributed by atoms with Crippen LogP contribution in [0.1, 0.15) is 18.5 Å². The lowest BCUT2D eigenvalue weighted by Gasteiger charge is -2.12. The highest BCUT2D eigenvalue weighted by Gasteiger charge is 2.17. The summed E-state index contributed by atoms with van der Waals surface area (Å²) in [5, 5.41) is -0.0121. The van der Waals surface area contributed by atoms with E-state index in [1.54, 1.807) is 19.1 Å². The first kappa shape index (κ1) is 15.8. The van der Waals surface area contributed by atoms with Crippen LogP contribution in [0.2, 0.25) is 5.02 Å². The van der Waals surface area contributed by atoms with Crippen LogP contribution in [0.25, 0.3) is 0 Å². The molecule has 0 bridgehead atoms. The van der Waals surface area contributed by atoms with Crippen LogP contribution < -0.4 is 10.5 Å². The van der Waals surface area contributed by atoms with E-state index in [-0.39, 0.29) is 21.6 Å². The van der Waals surface area contributed by atoms with Crippen LogP contribution in [0.5, 0.6) is 0 Å². The molecule has 1 unspecified atom stereocenters. The Kier molecular flexibility index (Phi) is 4.51. The Morgan fingerprint density at radius 2 is 1.95 bits per heavy atom. The van der Waals surface area contributed by atoms with Crippen molar-refractivity contribution in [3.63, 3.8) is 0 Å². The second-order valence-corrected chi connectivity index (χ2v) is 6.68. The number of nitrogens with two attached hydrogens (primary N) is 1. The van der Waals surface area contributed by atoms with Crippen LogP contribution in [0.15, 0.2) is 47.4 Å². The fraction of sp³-hybridized carbons (Fsp3) is 0.143. The molecular formula is C14H14ClFN2O2S. The summed E-state index contributed by atoms with van der Waals surface area (Å²) in [5.74, 6) is -0.540. The fourth-order valence-electron chi connectivity index (χ4n) is 1.74. The summed E-state index contributed by atoms with van der Waals surface area (Å²) in [6.07, 6.45) is 0. The van der Waals surface area contributed by atoms with Gasteiger partial charge >= 0.3 is 0 Å². The van der Waals surface area contributed by atoms with Gasteiger partial charge in [0.2, 0.25) is 0 Å². The molecule has 2 aromatic carbocycles. The van der Waals surface area contributed by atoms with E-state index in [2.05, 4.69) is 4.72 Å². The Bertz CT molecular complexity index is 763. The average Bonchev–Trinajstić information content (AvgIpc) is 2.42. The summed E-state index contributed by atoms with van der Waals surface area (Å²) < 4.78 is 39.9. The molecule has 0 aliphatic rings. The quantitative estimate of drug-likeness (QED) is 0.904. The predicted octanol–water partition coefficient (Wildman–Crippen LogP) is 3.30. The minimum atomic E-state index is -3.82. The van der Waals surface area contributed by atoms with Gasteiger partial charge in [0.05, 0.1) is 15.6 Å². The molecule has 3 N–H and O–H groups in total. The summed E-state index contributed by atoms with van der Waals surface area (Å²) >= 11 is 5.82. The van der Waals surface area contributed by atoms with Gasteiger partial charge in [-0.1, -0.05) is 23.7 Å². The van der Waals surface area contributed by atoms with Crippen molar-refractivity contribution in [1.29, 1.82) is 0 Å². The van der Waals surface area contributed by atoms with Gasteiger partial charge < -0.3 is 5.73 Å². The molecule has 0 fully saturated rings. The highest BCUT2D eigenvalue weighted by Crippen LogP contribution is 2.26. The van der Waals surface area contributed by atoms with Crippen LogP contribution in [0, 0.1) is 5.82 Å². The van der Waals surface area contributed by atoms with Gasteiger partial charge in [-0.25, -0.2) is 12.8 Å². The largest absolute Gasteiger partial charge is 0.324 e. The van der Waals surface area contributed by atoms with Gasteiger partial charge in [0.1, 0.15) is 5.82 Å². The third-order valence-corrected chi connectivity index (χ3v) is 4.55. The first-order valence-corrected chi connectivity index (χ1v) is 7.99. The zero-order valence-electron chi connectivity index (χ0n) is 11.2. The summed E-state index contributed by atoms with van der Waals surface area (Å²) in [6, 6.07) is 9.45. The fourth-order valence-corrected chi connectivity index (χ4v) is 3.15. The monoisotopic (exact) mass is 328 g/mol. The zero-order valence-corrected chi connectivity index (χ0v) is 12.7. The summed E-state index contributed by atoms with van der Waals surface area (Å²) in [7, 11) is -3.82. The highest BCUT2D eigenvalue weighted by atomic mass is 35.5. The normalized spacial score (nSPS) is 13.0. The second-order valence-electron chi connectivity index (χ2n) is 4.59. The molecule has 0 aromatic heterocycles. The lowest BCUT2D eigenvalue weighted by atomic mass is 10.1. The van der Waals surface area contributed by atoms with Crippen molar-refractivity contribution in [1.82, 2.24) is 0 Å². The Morgan fingerprint density at radius 1 is 1.24 bits per heavy atom. The molecule has 4 nitrogen and oxygen atoms in total. The predicted molar refractivity (Wildman–Crippen MR) is 81.3 cm³/mol. The van der Waals surface area contributed by atoms with Crippen LogP contribution in [-0.4, -0.2) is 8.42 Å². The van der Waals surface area contributed by atoms with Gasteiger partial charge in [-0.15, -0.1) is 0 Å². The third kappa shape index (κ3) is 3.72. The molecule has 7 heteroatoms. The molecule has 2 rings (SSSR count). The molecule has 0 saturated carbocycles. The minimum absolute atomic E-state index is 0.0121. The molecule has 2 aromatic rings. The Morgan fingerprint density at radius 3 is 2.57 bits per heavy atom. The van der Waals surface area contributed by atoms with E-state index >= 15 is 0 Å². The van der Waals surface area contributed by atoms with Crippen LogP contribution in [-0.2, 0) is 10.0 Å². The lowest BCUT2D eigenvalue weighted by molar-refractivity contribution is 0.600. The van der Waals surface area contributed by atoms with Gasteiger partial charge in [0.15, 0.2) is 0 Å². The molecule has 112 valence electrons. The van der Waals surface area contributed by atoms with E-state index in [9.17, 15) is 12.8 Å². The van der Waals surface area contributed by atoms with E-state index in [4.69, 9.17) is 17.3 Å². The smallest absolute Gasteiger partial charge is 0.261 e. The summed E-state index contributed by atoms with van der Waals surface area (Å²) in [5.41, 5.74) is 6.55. The maximum absolute atomic E-state index is 13.0. The lowest BCUT2D eigenvalue weighted by Crippen LogP contribution is -2.14. The van der Waals surface area contributed by atoms with Crippen molar-refractivity contribution in [2.24, 2.45) is 5.73 Å². The molecule has 0 aliphatic heterocycles. The number of benzene rings is 2. The van der Waals surface area contributed by atoms with Crippen LogP contribution in [0.3, 0.4) is 0 Å². The Labute approximate surface area is 127 Å². The van der Waals surface area contributed by atoms with Crippen LogP contribution >= 0.6 is 11.6 Å². The minimum Gasteiger partial charge on any atom is -0.324 e. The number of sulfonamides is 1. The van der Waals surface area contributed by atoms with Crippen molar-refractivity contribution in [2.75, 3.05) is 4.72 Å². The molecular weight excluding hydrogens is 315 g/mol. The van der Waals surface area contributed by atoms with E-state index in [0.717, 1.165) is 12.1 Å². The summed E-state index contributed by atoms with van der Waals surface area (Å²) in [4.78, 5) is 0.0673. The molecule has 0 amide bonds. The van der Waals surface area contributed by atoms with Gasteiger partial charge in [-0.3, -0.25) is 4.72 Å². The van der Waals surface area contributed by atoms with Gasteiger partial charge in [-0.2, -0.15) is 0 Å². The van der Waals surface area contributed by atoms with Gasteiger partial charge in [-0.05, 0) is 42.8 Å². The van der Waals surface area contributed by atoms with Crippen molar-refractivity contribution < 1.29 is 12.8 Å². The number of nitrogens with one attached hydrogen (secondary N) is 1. The molecule has 1 atom stereocenters. The number of anilines is 1. The zero-order chi connectivity index (χ0) is 15.6. The second kappa shape index (κ2) is 6.01. The molecule has 0 radical (unpaired) electrons. The highest BCUT2D eigenvalue weighted by molar-refractivity contribution is 7.92. The summed E-state index contributed by atoms with van der Waals surface area (Å²) in [6.45, 7) is 1.76. The van der Waals surface area contributed by atoms with Crippen molar-refractivity contribution in [3.8, 4) is 0 Å². The Balaban J connectivity index is 2.36. The van der Waals surface area contributed by atoms with Crippen molar-refractivity contribution >= 4 is 27.3 Å². The number of halogens is 2. The van der Waals surface area contributed by atoms with Gasteiger partial charge in [0, 0.05) is 6.04 Å². The van der Waals surface area contributed by atoms with Crippen LogP contribution in [0.4, 0.5) is 10.1 Å². The first-order valence-electron chi connectivity index (χ1n) is 6.13. The molecule has 0 aliphatic carbocycles. The maximum atomic E-state index is 13.0. The molecule has 0 saturated heterocycles. The number of hydrogen-bond donors (Lipinski definition) is 2. The average molecular weight is 329 g/mol. The van der Waals surface area contributed by atoms with E-state index in [1.807, 2.05) is 0 Å². The van der Waals surface area contributed by atoms with E-state index in [0.29, 0.717) is 5.56 Å². The maximum Gasteiger partial charge on any atom is 0.261 e. The third-order valence-electron chi connectivity index (χ3n) is 2.87. The van der Waals surface area contributed by atoms with Gasteiger partial charge in [0.25, 0.3) is 10.0 Å². The van der Waals surface area contributed by atoms with Crippen molar-refractivity contribution in [3.05, 3.63) is 58.9 Å². The molecule has 0 spiro atoms. The molecule has 0 heterocycles. The number of rotatable bonds is 4. The Hall–Kier alpha value is -1.63. The number of hydrogen-bond acceptors (Lipinski definition) is 3. The SMILES string of the molecule is CC(N)c1cccc(S(=O)(=O)Nc2ccc(F)cc2Cl)c1. The van der Waals surface area contributed by atoms with Crippen molar-refractivity contribution in [2.45, 2.75) is 17.9 Å². The first-order chi connectivity index (χ1) is 9.79. The van der Waals surface area contributed by atoms with E-state index < -0.39 is 15.8 Å². The molecule has 21 heavy (non-hydrogen) atoms. The topological polar surface area (TPSA) is 72.2 Å². The standard InChI is InChI=1S/C14H14ClFN2O2S/c1-9(17)10-3-2-4-12(7-10)21(19,20)18-14-6-5-11(16)8-13(14)15/h2-9,18H,17H2,1H3.